The second kappa shape index (κ2) is 6.61. The second-order valence-electron chi connectivity index (χ2n) is 3.67. The number of hydrogen-bond acceptors (Lipinski definition) is 3. The number of benzene rings is 1. The van der Waals surface area contributed by atoms with Gasteiger partial charge in [0.25, 0.3) is 0 Å². The number of methoxy groups -OCH3 is 1. The first-order chi connectivity index (χ1) is 8.08. The van der Waals surface area contributed by atoms with Crippen molar-refractivity contribution < 1.29 is 9.53 Å². The Kier molecular flexibility index (Phi) is 5.44. The summed E-state index contributed by atoms with van der Waals surface area (Å²) in [5.74, 6) is 0.775. The lowest BCUT2D eigenvalue weighted by Gasteiger charge is -2.15. The Bertz CT molecular complexity index is 396. The van der Waals surface area contributed by atoms with E-state index in [1.165, 1.54) is 0 Å². The molecular weight excluding hydrogens is 284 g/mol. The Balaban J connectivity index is 2.66. The summed E-state index contributed by atoms with van der Waals surface area (Å²) in [5, 5.41) is 5.71. The maximum absolute atomic E-state index is 11.1. The van der Waals surface area contributed by atoms with Crippen LogP contribution in [0.4, 0.5) is 0 Å². The topological polar surface area (TPSA) is 50.4 Å². The zero-order valence-corrected chi connectivity index (χ0v) is 11.8. The Labute approximate surface area is 110 Å². The fourth-order valence-electron chi connectivity index (χ4n) is 1.40. The summed E-state index contributed by atoms with van der Waals surface area (Å²) in [5.41, 5.74) is 1.10. The molecule has 0 spiro atoms. The van der Waals surface area contributed by atoms with E-state index in [0.29, 0.717) is 6.54 Å². The highest BCUT2D eigenvalue weighted by Gasteiger charge is 2.09. The molecule has 5 heteroatoms. The third-order valence-electron chi connectivity index (χ3n) is 2.52. The SMILES string of the molecule is CNC(=O)CNC(C)c1ccc(OC)c(Br)c1. The lowest BCUT2D eigenvalue weighted by Crippen LogP contribution is -2.32. The van der Waals surface area contributed by atoms with Crippen molar-refractivity contribution in [2.45, 2.75) is 13.0 Å². The monoisotopic (exact) mass is 300 g/mol. The highest BCUT2D eigenvalue weighted by molar-refractivity contribution is 9.10. The number of halogens is 1. The van der Waals surface area contributed by atoms with Gasteiger partial charge in [0.2, 0.25) is 5.91 Å². The van der Waals surface area contributed by atoms with Crippen LogP contribution < -0.4 is 15.4 Å². The largest absolute Gasteiger partial charge is 0.496 e. The van der Waals surface area contributed by atoms with Gasteiger partial charge in [0.15, 0.2) is 0 Å². The van der Waals surface area contributed by atoms with Crippen molar-refractivity contribution in [3.63, 3.8) is 0 Å². The maximum atomic E-state index is 11.1. The first-order valence-corrected chi connectivity index (χ1v) is 6.15. The summed E-state index contributed by atoms with van der Waals surface area (Å²) < 4.78 is 6.07. The summed E-state index contributed by atoms with van der Waals surface area (Å²) in [4.78, 5) is 11.1. The van der Waals surface area contributed by atoms with Crippen molar-refractivity contribution in [2.24, 2.45) is 0 Å². The van der Waals surface area contributed by atoms with Gasteiger partial charge in [-0.3, -0.25) is 4.79 Å². The Morgan fingerprint density at radius 1 is 1.53 bits per heavy atom. The molecule has 2 N–H and O–H groups in total. The molecule has 1 amide bonds. The standard InChI is InChI=1S/C12H17BrN2O2/c1-8(15-7-12(16)14-2)9-4-5-11(17-3)10(13)6-9/h4-6,8,15H,7H2,1-3H3,(H,14,16). The highest BCUT2D eigenvalue weighted by atomic mass is 79.9. The van der Waals surface area contributed by atoms with E-state index in [-0.39, 0.29) is 11.9 Å². The van der Waals surface area contributed by atoms with E-state index in [2.05, 4.69) is 26.6 Å². The molecule has 94 valence electrons. The van der Waals surface area contributed by atoms with E-state index in [1.54, 1.807) is 14.2 Å². The Hall–Kier alpha value is -1.07. The molecule has 0 fully saturated rings. The summed E-state index contributed by atoms with van der Waals surface area (Å²) >= 11 is 3.44. The van der Waals surface area contributed by atoms with E-state index in [9.17, 15) is 4.79 Å². The van der Waals surface area contributed by atoms with Crippen molar-refractivity contribution in [2.75, 3.05) is 20.7 Å². The minimum atomic E-state index is -0.0237. The Morgan fingerprint density at radius 3 is 2.76 bits per heavy atom. The van der Waals surface area contributed by atoms with Crippen molar-refractivity contribution in [1.29, 1.82) is 0 Å². The van der Waals surface area contributed by atoms with Gasteiger partial charge in [0.1, 0.15) is 5.75 Å². The predicted octanol–water partition coefficient (Wildman–Crippen LogP) is 1.85. The quantitative estimate of drug-likeness (QED) is 0.873. The summed E-state index contributed by atoms with van der Waals surface area (Å²) in [7, 11) is 3.26. The second-order valence-corrected chi connectivity index (χ2v) is 4.52. The number of rotatable bonds is 5. The van der Waals surface area contributed by atoms with Crippen molar-refractivity contribution in [1.82, 2.24) is 10.6 Å². The minimum Gasteiger partial charge on any atom is -0.496 e. The van der Waals surface area contributed by atoms with Crippen LogP contribution in [0.2, 0.25) is 0 Å². The fourth-order valence-corrected chi connectivity index (χ4v) is 1.96. The third kappa shape index (κ3) is 4.02. The Morgan fingerprint density at radius 2 is 2.24 bits per heavy atom. The van der Waals surface area contributed by atoms with E-state index in [0.717, 1.165) is 15.8 Å². The van der Waals surface area contributed by atoms with Crippen molar-refractivity contribution >= 4 is 21.8 Å². The van der Waals surface area contributed by atoms with Crippen LogP contribution in [0.5, 0.6) is 5.75 Å². The first-order valence-electron chi connectivity index (χ1n) is 5.36. The van der Waals surface area contributed by atoms with Crippen LogP contribution in [0.3, 0.4) is 0 Å². The molecule has 1 atom stereocenters. The van der Waals surface area contributed by atoms with Crippen LogP contribution in [0.15, 0.2) is 22.7 Å². The first kappa shape index (κ1) is 14.0. The van der Waals surface area contributed by atoms with Gasteiger partial charge in [-0.15, -0.1) is 0 Å². The summed E-state index contributed by atoms with van der Waals surface area (Å²) in [6, 6.07) is 5.97. The molecular formula is C12H17BrN2O2. The molecule has 0 radical (unpaired) electrons. The molecule has 0 heterocycles. The van der Waals surface area contributed by atoms with E-state index in [4.69, 9.17) is 4.74 Å². The van der Waals surface area contributed by atoms with E-state index in [1.807, 2.05) is 25.1 Å². The van der Waals surface area contributed by atoms with Crippen molar-refractivity contribution in [3.05, 3.63) is 28.2 Å². The molecule has 0 aromatic heterocycles. The molecule has 1 unspecified atom stereocenters. The zero-order valence-electron chi connectivity index (χ0n) is 10.2. The van der Waals surface area contributed by atoms with Gasteiger partial charge >= 0.3 is 0 Å². The van der Waals surface area contributed by atoms with Crippen LogP contribution in [-0.2, 0) is 4.79 Å². The third-order valence-corrected chi connectivity index (χ3v) is 3.14. The van der Waals surface area contributed by atoms with Gasteiger partial charge in [-0.1, -0.05) is 6.07 Å². The number of amides is 1. The lowest BCUT2D eigenvalue weighted by atomic mass is 10.1. The normalized spacial score (nSPS) is 12.0. The lowest BCUT2D eigenvalue weighted by molar-refractivity contribution is -0.119. The molecule has 0 aliphatic carbocycles. The number of ether oxygens (including phenoxy) is 1. The number of hydrogen-bond donors (Lipinski definition) is 2. The average molecular weight is 301 g/mol. The van der Waals surface area contributed by atoms with Crippen LogP contribution in [-0.4, -0.2) is 26.6 Å². The van der Waals surface area contributed by atoms with Gasteiger partial charge in [-0.05, 0) is 40.5 Å². The molecule has 0 saturated heterocycles. The van der Waals surface area contributed by atoms with Gasteiger partial charge in [-0.25, -0.2) is 0 Å². The van der Waals surface area contributed by atoms with Crippen molar-refractivity contribution in [3.8, 4) is 5.75 Å². The molecule has 0 saturated carbocycles. The molecule has 1 aromatic carbocycles. The minimum absolute atomic E-state index is 0.0237. The highest BCUT2D eigenvalue weighted by Crippen LogP contribution is 2.27. The number of nitrogens with one attached hydrogen (secondary N) is 2. The average Bonchev–Trinajstić information content (AvgIpc) is 2.35. The zero-order chi connectivity index (χ0) is 12.8. The van der Waals surface area contributed by atoms with Gasteiger partial charge in [0, 0.05) is 13.1 Å². The molecule has 17 heavy (non-hydrogen) atoms. The molecule has 1 aromatic rings. The molecule has 0 aliphatic heterocycles. The molecule has 0 bridgehead atoms. The van der Waals surface area contributed by atoms with Crippen LogP contribution >= 0.6 is 15.9 Å². The molecule has 1 rings (SSSR count). The fraction of sp³-hybridized carbons (Fsp3) is 0.417. The van der Waals surface area contributed by atoms with Crippen LogP contribution in [0, 0.1) is 0 Å². The van der Waals surface area contributed by atoms with E-state index < -0.39 is 0 Å². The number of carbonyl (C=O) groups excluding carboxylic acids is 1. The van der Waals surface area contributed by atoms with Gasteiger partial charge < -0.3 is 15.4 Å². The van der Waals surface area contributed by atoms with Crippen LogP contribution in [0.25, 0.3) is 0 Å². The smallest absolute Gasteiger partial charge is 0.233 e. The van der Waals surface area contributed by atoms with Crippen LogP contribution in [0.1, 0.15) is 18.5 Å². The van der Waals surface area contributed by atoms with Gasteiger partial charge in [-0.2, -0.15) is 0 Å². The van der Waals surface area contributed by atoms with E-state index >= 15 is 0 Å². The number of likely N-dealkylation sites (N-methyl/N-ethyl adjacent to an activating group) is 1. The summed E-state index contributed by atoms with van der Waals surface area (Å²) in [6.45, 7) is 2.32. The maximum Gasteiger partial charge on any atom is 0.233 e. The molecule has 4 nitrogen and oxygen atoms in total. The molecule has 0 aliphatic rings. The number of carbonyl (C=O) groups is 1. The summed E-state index contributed by atoms with van der Waals surface area (Å²) in [6.07, 6.45) is 0. The predicted molar refractivity (Wildman–Crippen MR) is 71.2 cm³/mol. The van der Waals surface area contributed by atoms with Gasteiger partial charge in [0.05, 0.1) is 18.1 Å².